The molecule has 1 aromatic carbocycles. The molecule has 0 saturated carbocycles. The van der Waals surface area contributed by atoms with Crippen molar-refractivity contribution >= 4 is 0 Å². The Morgan fingerprint density at radius 2 is 1.83 bits per heavy atom. The highest BCUT2D eigenvalue weighted by molar-refractivity contribution is 5.30. The summed E-state index contributed by atoms with van der Waals surface area (Å²) in [6, 6.07) is 9.06. The molecular weight excluding hydrogens is 220 g/mol. The molecule has 0 aliphatic heterocycles. The van der Waals surface area contributed by atoms with Crippen LogP contribution in [0.15, 0.2) is 24.3 Å². The van der Waals surface area contributed by atoms with E-state index in [2.05, 4.69) is 56.9 Å². The average Bonchev–Trinajstić information content (AvgIpc) is 2.38. The molecule has 2 N–H and O–H groups in total. The lowest BCUT2D eigenvalue weighted by Crippen LogP contribution is -2.36. The van der Waals surface area contributed by atoms with Gasteiger partial charge in [0.1, 0.15) is 0 Å². The van der Waals surface area contributed by atoms with Crippen LogP contribution < -0.4 is 5.73 Å². The zero-order valence-corrected chi connectivity index (χ0v) is 12.3. The van der Waals surface area contributed by atoms with Gasteiger partial charge in [-0.2, -0.15) is 0 Å². The molecule has 102 valence electrons. The maximum absolute atomic E-state index is 6.04. The fourth-order valence-electron chi connectivity index (χ4n) is 2.60. The smallest absolute Gasteiger partial charge is 0.0473 e. The van der Waals surface area contributed by atoms with E-state index in [1.807, 2.05) is 0 Å². The van der Waals surface area contributed by atoms with Gasteiger partial charge in [-0.15, -0.1) is 0 Å². The predicted octanol–water partition coefficient (Wildman–Crippen LogP) is 3.23. The minimum atomic E-state index is 0.355. The summed E-state index contributed by atoms with van der Waals surface area (Å²) < 4.78 is 0. The molecule has 18 heavy (non-hydrogen) atoms. The van der Waals surface area contributed by atoms with E-state index < -0.39 is 0 Å². The van der Waals surface area contributed by atoms with Gasteiger partial charge in [0.15, 0.2) is 0 Å². The maximum atomic E-state index is 6.04. The molecule has 0 radical (unpaired) electrons. The van der Waals surface area contributed by atoms with Crippen molar-refractivity contribution in [3.63, 3.8) is 0 Å². The minimum absolute atomic E-state index is 0.355. The summed E-state index contributed by atoms with van der Waals surface area (Å²) in [4.78, 5) is 2.50. The second-order valence-corrected chi connectivity index (χ2v) is 5.29. The van der Waals surface area contributed by atoms with E-state index in [9.17, 15) is 0 Å². The number of likely N-dealkylation sites (N-methyl/N-ethyl adjacent to an activating group) is 1. The molecule has 0 aromatic heterocycles. The summed E-state index contributed by atoms with van der Waals surface area (Å²) in [7, 11) is 0. The Labute approximate surface area is 112 Å². The number of nitrogens with two attached hydrogens (primary N) is 1. The molecule has 0 saturated heterocycles. The van der Waals surface area contributed by atoms with Gasteiger partial charge in [0.2, 0.25) is 0 Å². The fourth-order valence-corrected chi connectivity index (χ4v) is 2.60. The van der Waals surface area contributed by atoms with E-state index in [1.54, 1.807) is 0 Å². The number of benzene rings is 1. The number of hydrogen-bond acceptors (Lipinski definition) is 2. The summed E-state index contributed by atoms with van der Waals surface area (Å²) in [5.74, 6) is 0.674. The minimum Gasteiger partial charge on any atom is -0.329 e. The van der Waals surface area contributed by atoms with Crippen LogP contribution in [0.5, 0.6) is 0 Å². The molecule has 0 aliphatic carbocycles. The van der Waals surface area contributed by atoms with Crippen LogP contribution in [0.25, 0.3) is 0 Å². The van der Waals surface area contributed by atoms with Crippen LogP contribution in [0.3, 0.4) is 0 Å². The summed E-state index contributed by atoms with van der Waals surface area (Å²) in [6.07, 6.45) is 1.08. The molecule has 2 heteroatoms. The second kappa shape index (κ2) is 7.55. The Bertz CT molecular complexity index is 347. The van der Waals surface area contributed by atoms with Gasteiger partial charge >= 0.3 is 0 Å². The third-order valence-corrected chi connectivity index (χ3v) is 3.46. The topological polar surface area (TPSA) is 29.3 Å². The van der Waals surface area contributed by atoms with Crippen LogP contribution >= 0.6 is 0 Å². The summed E-state index contributed by atoms with van der Waals surface area (Å²) in [6.45, 7) is 11.8. The molecular formula is C16H28N2. The fraction of sp³-hybridized carbons (Fsp3) is 0.625. The molecule has 0 bridgehead atoms. The summed E-state index contributed by atoms with van der Waals surface area (Å²) >= 11 is 0. The Balaban J connectivity index is 2.99. The van der Waals surface area contributed by atoms with Crippen molar-refractivity contribution in [1.29, 1.82) is 0 Å². The highest BCUT2D eigenvalue weighted by atomic mass is 15.2. The van der Waals surface area contributed by atoms with Crippen molar-refractivity contribution in [3.8, 4) is 0 Å². The number of aryl methyl sites for hydroxylation is 1. The van der Waals surface area contributed by atoms with Crippen LogP contribution in [0.4, 0.5) is 0 Å². The van der Waals surface area contributed by atoms with Crippen LogP contribution in [-0.2, 0) is 6.42 Å². The molecule has 0 heterocycles. The van der Waals surface area contributed by atoms with Crippen molar-refractivity contribution in [1.82, 2.24) is 4.90 Å². The van der Waals surface area contributed by atoms with E-state index in [-0.39, 0.29) is 0 Å². The monoisotopic (exact) mass is 248 g/mol. The first-order valence-corrected chi connectivity index (χ1v) is 7.15. The highest BCUT2D eigenvalue weighted by Crippen LogP contribution is 2.24. The van der Waals surface area contributed by atoms with E-state index in [0.29, 0.717) is 18.5 Å². The Hall–Kier alpha value is -0.860. The standard InChI is InChI=1S/C16H28N2/c1-5-14-9-7-8-10-15(14)16(11-17)18(6-2)12-13(3)4/h7-10,13,16H,5-6,11-12,17H2,1-4H3. The van der Waals surface area contributed by atoms with Crippen LogP contribution in [0.1, 0.15) is 44.9 Å². The van der Waals surface area contributed by atoms with Crippen molar-refractivity contribution in [2.75, 3.05) is 19.6 Å². The Morgan fingerprint density at radius 1 is 1.17 bits per heavy atom. The summed E-state index contributed by atoms with van der Waals surface area (Å²) in [5.41, 5.74) is 8.87. The van der Waals surface area contributed by atoms with Gasteiger partial charge in [-0.1, -0.05) is 52.0 Å². The predicted molar refractivity (Wildman–Crippen MR) is 79.7 cm³/mol. The second-order valence-electron chi connectivity index (χ2n) is 5.29. The van der Waals surface area contributed by atoms with Crippen molar-refractivity contribution < 1.29 is 0 Å². The molecule has 1 aromatic rings. The lowest BCUT2D eigenvalue weighted by atomic mass is 9.96. The third-order valence-electron chi connectivity index (χ3n) is 3.46. The van der Waals surface area contributed by atoms with Gasteiger partial charge in [-0.25, -0.2) is 0 Å². The maximum Gasteiger partial charge on any atom is 0.0473 e. The van der Waals surface area contributed by atoms with Crippen molar-refractivity contribution in [2.24, 2.45) is 11.7 Å². The lowest BCUT2D eigenvalue weighted by Gasteiger charge is -2.32. The van der Waals surface area contributed by atoms with Gasteiger partial charge in [-0.05, 0) is 30.0 Å². The van der Waals surface area contributed by atoms with Crippen molar-refractivity contribution in [3.05, 3.63) is 35.4 Å². The Kier molecular flexibility index (Phi) is 6.37. The molecule has 1 unspecified atom stereocenters. The van der Waals surface area contributed by atoms with Gasteiger partial charge in [0.05, 0.1) is 0 Å². The van der Waals surface area contributed by atoms with Crippen LogP contribution in [-0.4, -0.2) is 24.5 Å². The van der Waals surface area contributed by atoms with E-state index in [4.69, 9.17) is 5.73 Å². The SMILES string of the molecule is CCc1ccccc1C(CN)N(CC)CC(C)C. The molecule has 0 spiro atoms. The van der Waals surface area contributed by atoms with Crippen LogP contribution in [0, 0.1) is 5.92 Å². The molecule has 0 fully saturated rings. The van der Waals surface area contributed by atoms with Gasteiger partial charge < -0.3 is 5.73 Å². The quantitative estimate of drug-likeness (QED) is 0.802. The molecule has 0 aliphatic rings. The zero-order chi connectivity index (χ0) is 13.5. The first-order chi connectivity index (χ1) is 8.63. The Morgan fingerprint density at radius 3 is 2.33 bits per heavy atom. The first kappa shape index (κ1) is 15.2. The molecule has 2 nitrogen and oxygen atoms in total. The number of rotatable bonds is 7. The van der Waals surface area contributed by atoms with E-state index in [1.165, 1.54) is 11.1 Å². The van der Waals surface area contributed by atoms with Gasteiger partial charge in [0, 0.05) is 19.1 Å². The van der Waals surface area contributed by atoms with E-state index in [0.717, 1.165) is 19.5 Å². The van der Waals surface area contributed by atoms with E-state index >= 15 is 0 Å². The largest absolute Gasteiger partial charge is 0.329 e. The van der Waals surface area contributed by atoms with Crippen molar-refractivity contribution in [2.45, 2.75) is 40.2 Å². The third kappa shape index (κ3) is 3.82. The first-order valence-electron chi connectivity index (χ1n) is 7.15. The van der Waals surface area contributed by atoms with Gasteiger partial charge in [0.25, 0.3) is 0 Å². The summed E-state index contributed by atoms with van der Waals surface area (Å²) in [5, 5.41) is 0. The number of hydrogen-bond donors (Lipinski definition) is 1. The number of nitrogens with zero attached hydrogens (tertiary/aromatic N) is 1. The molecule has 0 amide bonds. The molecule has 1 rings (SSSR count). The highest BCUT2D eigenvalue weighted by Gasteiger charge is 2.20. The lowest BCUT2D eigenvalue weighted by molar-refractivity contribution is 0.188. The average molecular weight is 248 g/mol. The zero-order valence-electron chi connectivity index (χ0n) is 12.3. The van der Waals surface area contributed by atoms with Gasteiger partial charge in [-0.3, -0.25) is 4.90 Å². The molecule has 1 atom stereocenters. The van der Waals surface area contributed by atoms with Crippen LogP contribution in [0.2, 0.25) is 0 Å². The normalized spacial score (nSPS) is 13.3.